The highest BCUT2D eigenvalue weighted by Crippen LogP contribution is 2.23. The maximum atomic E-state index is 12.1. The van der Waals surface area contributed by atoms with Crippen molar-refractivity contribution in [2.75, 3.05) is 5.32 Å². The number of hydrogen-bond acceptors (Lipinski definition) is 3. The maximum Gasteiger partial charge on any atom is 0.258 e. The number of carbonyl (C=O) groups excluding carboxylic acids is 1. The summed E-state index contributed by atoms with van der Waals surface area (Å²) < 4.78 is 0. The topological polar surface area (TPSA) is 54.9 Å². The van der Waals surface area contributed by atoms with Crippen molar-refractivity contribution in [3.63, 3.8) is 0 Å². The van der Waals surface area contributed by atoms with Crippen LogP contribution in [0.2, 0.25) is 0 Å². The highest BCUT2D eigenvalue weighted by molar-refractivity contribution is 6.08. The highest BCUT2D eigenvalue weighted by Gasteiger charge is 2.08. The third-order valence-electron chi connectivity index (χ3n) is 2.86. The van der Waals surface area contributed by atoms with Crippen LogP contribution in [0.3, 0.4) is 0 Å². The van der Waals surface area contributed by atoms with Crippen LogP contribution in [0.15, 0.2) is 61.2 Å². The Morgan fingerprint density at radius 1 is 0.947 bits per heavy atom. The minimum absolute atomic E-state index is 0.211. The summed E-state index contributed by atoms with van der Waals surface area (Å²) in [7, 11) is 0. The average molecular weight is 249 g/mol. The summed E-state index contributed by atoms with van der Waals surface area (Å²) in [5.41, 5.74) is 1.22. The van der Waals surface area contributed by atoms with Crippen molar-refractivity contribution in [1.29, 1.82) is 0 Å². The first-order valence-electron chi connectivity index (χ1n) is 5.89. The molecule has 3 aromatic rings. The second-order valence-corrected chi connectivity index (χ2v) is 4.11. The monoisotopic (exact) mass is 249 g/mol. The zero-order valence-corrected chi connectivity index (χ0v) is 10.1. The van der Waals surface area contributed by atoms with Crippen LogP contribution in [0.5, 0.6) is 0 Å². The fourth-order valence-electron chi connectivity index (χ4n) is 1.95. The number of fused-ring (bicyclic) bond motifs is 1. The standard InChI is InChI=1S/C15H11N3O/c19-15(12-8-16-10-17-9-12)18-14-7-3-5-11-4-1-2-6-13(11)14/h1-10H,(H,18,19). The van der Waals surface area contributed by atoms with Crippen molar-refractivity contribution in [1.82, 2.24) is 9.97 Å². The predicted octanol–water partition coefficient (Wildman–Crippen LogP) is 2.88. The Balaban J connectivity index is 1.96. The van der Waals surface area contributed by atoms with Crippen LogP contribution >= 0.6 is 0 Å². The van der Waals surface area contributed by atoms with Crippen LogP contribution in [0.4, 0.5) is 5.69 Å². The van der Waals surface area contributed by atoms with Crippen molar-refractivity contribution in [2.45, 2.75) is 0 Å². The predicted molar refractivity (Wildman–Crippen MR) is 73.9 cm³/mol. The fraction of sp³-hybridized carbons (Fsp3) is 0. The molecule has 4 nitrogen and oxygen atoms in total. The molecule has 0 aliphatic heterocycles. The largest absolute Gasteiger partial charge is 0.321 e. The summed E-state index contributed by atoms with van der Waals surface area (Å²) in [6.45, 7) is 0. The van der Waals surface area contributed by atoms with E-state index in [0.29, 0.717) is 5.56 Å². The molecule has 1 N–H and O–H groups in total. The number of rotatable bonds is 2. The fourth-order valence-corrected chi connectivity index (χ4v) is 1.95. The van der Waals surface area contributed by atoms with E-state index in [1.807, 2.05) is 42.5 Å². The second kappa shape index (κ2) is 4.86. The number of carbonyl (C=O) groups is 1. The van der Waals surface area contributed by atoms with Gasteiger partial charge >= 0.3 is 0 Å². The van der Waals surface area contributed by atoms with Gasteiger partial charge in [0.05, 0.1) is 5.56 Å². The number of nitrogens with one attached hydrogen (secondary N) is 1. The summed E-state index contributed by atoms with van der Waals surface area (Å²) in [6, 6.07) is 13.7. The van der Waals surface area contributed by atoms with Crippen LogP contribution in [0.1, 0.15) is 10.4 Å². The van der Waals surface area contributed by atoms with Crippen LogP contribution in [-0.2, 0) is 0 Å². The molecule has 0 atom stereocenters. The first kappa shape index (κ1) is 11.3. The number of aromatic nitrogens is 2. The van der Waals surface area contributed by atoms with Crippen LogP contribution in [-0.4, -0.2) is 15.9 Å². The van der Waals surface area contributed by atoms with E-state index in [2.05, 4.69) is 15.3 Å². The molecule has 3 rings (SSSR count). The summed E-state index contributed by atoms with van der Waals surface area (Å²) in [6.07, 6.45) is 4.38. The average Bonchev–Trinajstić information content (AvgIpc) is 2.48. The molecule has 0 aliphatic rings. The van der Waals surface area contributed by atoms with Gasteiger partial charge in [-0.2, -0.15) is 0 Å². The lowest BCUT2D eigenvalue weighted by Gasteiger charge is -2.08. The zero-order valence-electron chi connectivity index (χ0n) is 10.1. The van der Waals surface area contributed by atoms with Gasteiger partial charge in [-0.3, -0.25) is 4.79 Å². The number of benzene rings is 2. The number of anilines is 1. The van der Waals surface area contributed by atoms with E-state index >= 15 is 0 Å². The molecular formula is C15H11N3O. The number of nitrogens with zero attached hydrogens (tertiary/aromatic N) is 2. The van der Waals surface area contributed by atoms with Gasteiger partial charge in [0.15, 0.2) is 0 Å². The van der Waals surface area contributed by atoms with Crippen molar-refractivity contribution in [3.05, 3.63) is 66.7 Å². The lowest BCUT2D eigenvalue weighted by Crippen LogP contribution is -2.12. The van der Waals surface area contributed by atoms with E-state index in [4.69, 9.17) is 0 Å². The van der Waals surface area contributed by atoms with Gasteiger partial charge in [0.25, 0.3) is 5.91 Å². The van der Waals surface area contributed by atoms with Crippen LogP contribution in [0.25, 0.3) is 10.8 Å². The molecule has 1 aromatic heterocycles. The van der Waals surface area contributed by atoms with E-state index in [0.717, 1.165) is 16.5 Å². The Bertz CT molecular complexity index is 720. The molecule has 0 bridgehead atoms. The number of amides is 1. The molecule has 0 saturated heterocycles. The molecular weight excluding hydrogens is 238 g/mol. The Hall–Kier alpha value is -2.75. The minimum Gasteiger partial charge on any atom is -0.321 e. The van der Waals surface area contributed by atoms with Crippen LogP contribution in [0, 0.1) is 0 Å². The van der Waals surface area contributed by atoms with E-state index < -0.39 is 0 Å². The molecule has 0 radical (unpaired) electrons. The molecule has 0 aliphatic carbocycles. The molecule has 1 heterocycles. The highest BCUT2D eigenvalue weighted by atomic mass is 16.1. The van der Waals surface area contributed by atoms with E-state index in [1.54, 1.807) is 0 Å². The Kier molecular flexibility index (Phi) is 2.90. The molecule has 0 unspecified atom stereocenters. The summed E-state index contributed by atoms with van der Waals surface area (Å²) >= 11 is 0. The molecule has 2 aromatic carbocycles. The Morgan fingerprint density at radius 2 is 1.68 bits per heavy atom. The normalized spacial score (nSPS) is 10.3. The molecule has 19 heavy (non-hydrogen) atoms. The van der Waals surface area contributed by atoms with Crippen molar-refractivity contribution in [3.8, 4) is 0 Å². The molecule has 4 heteroatoms. The van der Waals surface area contributed by atoms with Gasteiger partial charge in [0, 0.05) is 23.5 Å². The summed E-state index contributed by atoms with van der Waals surface area (Å²) in [5.74, 6) is -0.211. The van der Waals surface area contributed by atoms with Gasteiger partial charge in [-0.05, 0) is 11.5 Å². The summed E-state index contributed by atoms with van der Waals surface area (Å²) in [5, 5.41) is 4.98. The van der Waals surface area contributed by atoms with Gasteiger partial charge in [-0.15, -0.1) is 0 Å². The first-order chi connectivity index (χ1) is 9.34. The lowest BCUT2D eigenvalue weighted by molar-refractivity contribution is 0.102. The molecule has 0 saturated carbocycles. The Morgan fingerprint density at radius 3 is 2.53 bits per heavy atom. The van der Waals surface area contributed by atoms with Crippen molar-refractivity contribution < 1.29 is 4.79 Å². The van der Waals surface area contributed by atoms with E-state index in [1.165, 1.54) is 18.7 Å². The van der Waals surface area contributed by atoms with E-state index in [-0.39, 0.29) is 5.91 Å². The van der Waals surface area contributed by atoms with Gasteiger partial charge in [0.2, 0.25) is 0 Å². The number of hydrogen-bond donors (Lipinski definition) is 1. The molecule has 0 fully saturated rings. The van der Waals surface area contributed by atoms with Gasteiger partial charge in [-0.1, -0.05) is 36.4 Å². The minimum atomic E-state index is -0.211. The van der Waals surface area contributed by atoms with Crippen LogP contribution < -0.4 is 5.32 Å². The molecule has 1 amide bonds. The Labute approximate surface area is 110 Å². The molecule has 0 spiro atoms. The van der Waals surface area contributed by atoms with Crippen molar-refractivity contribution in [2.24, 2.45) is 0 Å². The third-order valence-corrected chi connectivity index (χ3v) is 2.86. The summed E-state index contributed by atoms with van der Waals surface area (Å²) in [4.78, 5) is 19.7. The van der Waals surface area contributed by atoms with Crippen molar-refractivity contribution >= 4 is 22.4 Å². The second-order valence-electron chi connectivity index (χ2n) is 4.11. The maximum absolute atomic E-state index is 12.1. The van der Waals surface area contributed by atoms with Gasteiger partial charge in [-0.25, -0.2) is 9.97 Å². The zero-order chi connectivity index (χ0) is 13.1. The smallest absolute Gasteiger partial charge is 0.258 e. The van der Waals surface area contributed by atoms with Gasteiger partial charge < -0.3 is 5.32 Å². The van der Waals surface area contributed by atoms with E-state index in [9.17, 15) is 4.79 Å². The lowest BCUT2D eigenvalue weighted by atomic mass is 10.1. The quantitative estimate of drug-likeness (QED) is 0.759. The first-order valence-corrected chi connectivity index (χ1v) is 5.89. The molecule has 92 valence electrons. The van der Waals surface area contributed by atoms with Gasteiger partial charge in [0.1, 0.15) is 6.33 Å². The SMILES string of the molecule is O=C(Nc1cccc2ccccc12)c1cncnc1. The third kappa shape index (κ3) is 2.28.